The van der Waals surface area contributed by atoms with Crippen molar-refractivity contribution in [2.45, 2.75) is 18.9 Å². The molecule has 0 bridgehead atoms. The lowest BCUT2D eigenvalue weighted by molar-refractivity contribution is -0.130. The second kappa shape index (κ2) is 9.07. The van der Waals surface area contributed by atoms with Crippen LogP contribution < -0.4 is 16.4 Å². The lowest BCUT2D eigenvalue weighted by Gasteiger charge is -2.33. The third-order valence-corrected chi connectivity index (χ3v) is 4.92. The number of hydrogen-bond donors (Lipinski definition) is 4. The number of likely N-dealkylation sites (tertiary alicyclic amines) is 1. The fraction of sp³-hybridized carbons (Fsp3) is 0.333. The predicted molar refractivity (Wildman–Crippen MR) is 113 cm³/mol. The molecule has 0 saturated carbocycles. The summed E-state index contributed by atoms with van der Waals surface area (Å²) in [4.78, 5) is 22.5. The highest BCUT2D eigenvalue weighted by molar-refractivity contribution is 6.35. The van der Waals surface area contributed by atoms with Gasteiger partial charge < -0.3 is 26.7 Å². The van der Waals surface area contributed by atoms with Crippen molar-refractivity contribution in [3.63, 3.8) is 0 Å². The van der Waals surface area contributed by atoms with Crippen LogP contribution in [0.3, 0.4) is 0 Å². The van der Waals surface area contributed by atoms with Crippen molar-refractivity contribution >= 4 is 52.6 Å². The summed E-state index contributed by atoms with van der Waals surface area (Å²) in [6, 6.07) is 5.10. The lowest BCUT2D eigenvalue weighted by Crippen LogP contribution is -2.47. The van der Waals surface area contributed by atoms with Crippen LogP contribution in [0.1, 0.15) is 18.4 Å². The van der Waals surface area contributed by atoms with Gasteiger partial charge in [-0.15, -0.1) is 0 Å². The number of piperidine rings is 1. The number of nitrogens with one attached hydrogen (secondary N) is 3. The Balaban J connectivity index is 1.59. The maximum atomic E-state index is 12.6. The normalized spacial score (nSPS) is 16.5. The third kappa shape index (κ3) is 5.02. The molecule has 1 saturated heterocycles. The Morgan fingerprint density at radius 3 is 2.79 bits per heavy atom. The first-order valence-electron chi connectivity index (χ1n) is 8.81. The number of anilines is 3. The Hall–Kier alpha value is -2.58. The van der Waals surface area contributed by atoms with Gasteiger partial charge in [0.2, 0.25) is 5.91 Å². The Morgan fingerprint density at radius 2 is 2.07 bits per heavy atom. The first-order valence-corrected chi connectivity index (χ1v) is 9.57. The molecule has 2 heterocycles. The second-order valence-electron chi connectivity index (χ2n) is 6.50. The summed E-state index contributed by atoms with van der Waals surface area (Å²) in [5.41, 5.74) is 6.94. The van der Waals surface area contributed by atoms with Crippen LogP contribution in [0.4, 0.5) is 17.3 Å². The molecule has 8 nitrogen and oxygen atoms in total. The summed E-state index contributed by atoms with van der Waals surface area (Å²) < 4.78 is 0. The topological polar surface area (TPSA) is 120 Å². The first-order chi connectivity index (χ1) is 13.5. The molecule has 1 aromatic heterocycles. The summed E-state index contributed by atoms with van der Waals surface area (Å²) in [7, 11) is 0. The molecule has 0 radical (unpaired) electrons. The SMILES string of the molecule is N=Cc1c(N)ncnc1NC1CCCN(C(=O)CNc2cc(Cl)cc(Cl)c2)C1. The minimum atomic E-state index is -0.0166. The molecular weight excluding hydrogens is 401 g/mol. The highest BCUT2D eigenvalue weighted by Gasteiger charge is 2.24. The molecule has 1 fully saturated rings. The third-order valence-electron chi connectivity index (χ3n) is 4.48. The zero-order chi connectivity index (χ0) is 20.1. The number of hydrogen-bond acceptors (Lipinski definition) is 7. The van der Waals surface area contributed by atoms with Gasteiger partial charge in [0, 0.05) is 41.1 Å². The highest BCUT2D eigenvalue weighted by atomic mass is 35.5. The van der Waals surface area contributed by atoms with Gasteiger partial charge >= 0.3 is 0 Å². The van der Waals surface area contributed by atoms with E-state index in [2.05, 4.69) is 20.6 Å². The molecule has 1 aliphatic rings. The molecule has 1 atom stereocenters. The minimum absolute atomic E-state index is 0.0166. The Labute approximate surface area is 172 Å². The average molecular weight is 422 g/mol. The predicted octanol–water partition coefficient (Wildman–Crippen LogP) is 2.88. The number of halogens is 2. The fourth-order valence-electron chi connectivity index (χ4n) is 3.13. The van der Waals surface area contributed by atoms with Crippen molar-refractivity contribution in [3.05, 3.63) is 40.1 Å². The summed E-state index contributed by atoms with van der Waals surface area (Å²) in [5.74, 6) is 0.742. The number of rotatable bonds is 6. The summed E-state index contributed by atoms with van der Waals surface area (Å²) in [6.07, 6.45) is 4.25. The van der Waals surface area contributed by atoms with Crippen molar-refractivity contribution in [1.29, 1.82) is 5.41 Å². The maximum Gasteiger partial charge on any atom is 0.241 e. The van der Waals surface area contributed by atoms with E-state index in [1.807, 2.05) is 0 Å². The number of benzene rings is 1. The van der Waals surface area contributed by atoms with Gasteiger partial charge in [0.1, 0.15) is 18.0 Å². The minimum Gasteiger partial charge on any atom is -0.383 e. The molecular formula is C18H21Cl2N7O. The zero-order valence-corrected chi connectivity index (χ0v) is 16.6. The van der Waals surface area contributed by atoms with Gasteiger partial charge in [-0.05, 0) is 31.0 Å². The number of nitrogen functional groups attached to an aromatic ring is 1. The molecule has 1 unspecified atom stereocenters. The van der Waals surface area contributed by atoms with Gasteiger partial charge in [0.05, 0.1) is 12.1 Å². The second-order valence-corrected chi connectivity index (χ2v) is 7.37. The van der Waals surface area contributed by atoms with Gasteiger partial charge in [-0.1, -0.05) is 23.2 Å². The van der Waals surface area contributed by atoms with Gasteiger partial charge in [-0.3, -0.25) is 4.79 Å². The van der Waals surface area contributed by atoms with Crippen LogP contribution in [-0.2, 0) is 4.79 Å². The molecule has 1 amide bonds. The molecule has 0 spiro atoms. The number of aromatic nitrogens is 2. The quantitative estimate of drug-likeness (QED) is 0.532. The molecule has 148 valence electrons. The Bertz CT molecular complexity index is 857. The van der Waals surface area contributed by atoms with Crippen LogP contribution in [0.5, 0.6) is 0 Å². The largest absolute Gasteiger partial charge is 0.383 e. The van der Waals surface area contributed by atoms with Crippen molar-refractivity contribution in [3.8, 4) is 0 Å². The van der Waals surface area contributed by atoms with E-state index in [9.17, 15) is 4.79 Å². The Kier molecular flexibility index (Phi) is 6.53. The number of amides is 1. The van der Waals surface area contributed by atoms with Crippen LogP contribution >= 0.6 is 23.2 Å². The summed E-state index contributed by atoms with van der Waals surface area (Å²) >= 11 is 12.0. The van der Waals surface area contributed by atoms with E-state index in [0.717, 1.165) is 19.1 Å². The molecule has 1 aromatic carbocycles. The summed E-state index contributed by atoms with van der Waals surface area (Å²) in [5, 5.41) is 14.9. The van der Waals surface area contributed by atoms with Crippen molar-refractivity contribution in [1.82, 2.24) is 14.9 Å². The molecule has 1 aliphatic heterocycles. The van der Waals surface area contributed by atoms with Gasteiger partial charge in [0.25, 0.3) is 0 Å². The highest BCUT2D eigenvalue weighted by Crippen LogP contribution is 2.23. The number of nitrogens with zero attached hydrogens (tertiary/aromatic N) is 3. The van der Waals surface area contributed by atoms with Crippen LogP contribution in [0.15, 0.2) is 24.5 Å². The van der Waals surface area contributed by atoms with E-state index in [1.165, 1.54) is 6.33 Å². The van der Waals surface area contributed by atoms with Crippen molar-refractivity contribution in [2.75, 3.05) is 36.0 Å². The van der Waals surface area contributed by atoms with Crippen molar-refractivity contribution in [2.24, 2.45) is 0 Å². The smallest absolute Gasteiger partial charge is 0.241 e. The van der Waals surface area contributed by atoms with Crippen LogP contribution in [0, 0.1) is 5.41 Å². The van der Waals surface area contributed by atoms with Crippen molar-refractivity contribution < 1.29 is 4.79 Å². The monoisotopic (exact) mass is 421 g/mol. The van der Waals surface area contributed by atoms with E-state index >= 15 is 0 Å². The molecule has 0 aliphatic carbocycles. The number of carbonyl (C=O) groups is 1. The zero-order valence-electron chi connectivity index (χ0n) is 15.1. The lowest BCUT2D eigenvalue weighted by atomic mass is 10.1. The number of carbonyl (C=O) groups excluding carboxylic acids is 1. The van der Waals surface area contributed by atoms with Gasteiger partial charge in [-0.25, -0.2) is 9.97 Å². The molecule has 3 rings (SSSR count). The average Bonchev–Trinajstić information content (AvgIpc) is 2.66. The van der Waals surface area contributed by atoms with Gasteiger partial charge in [0.15, 0.2) is 0 Å². The van der Waals surface area contributed by atoms with Crippen LogP contribution in [0.2, 0.25) is 10.0 Å². The van der Waals surface area contributed by atoms with Gasteiger partial charge in [-0.2, -0.15) is 0 Å². The van der Waals surface area contributed by atoms with E-state index in [4.69, 9.17) is 34.3 Å². The number of nitrogens with two attached hydrogens (primary N) is 1. The van der Waals surface area contributed by atoms with Crippen LogP contribution in [-0.4, -0.2) is 52.7 Å². The van der Waals surface area contributed by atoms with E-state index in [1.54, 1.807) is 23.1 Å². The van der Waals surface area contributed by atoms with E-state index in [-0.39, 0.29) is 24.3 Å². The van der Waals surface area contributed by atoms with Crippen LogP contribution in [0.25, 0.3) is 0 Å². The molecule has 10 heteroatoms. The fourth-order valence-corrected chi connectivity index (χ4v) is 3.65. The van der Waals surface area contributed by atoms with E-state index < -0.39 is 0 Å². The first kappa shape index (κ1) is 20.2. The molecule has 5 N–H and O–H groups in total. The van der Waals surface area contributed by atoms with E-state index in [0.29, 0.717) is 40.2 Å². The Morgan fingerprint density at radius 1 is 1.32 bits per heavy atom. The molecule has 28 heavy (non-hydrogen) atoms. The maximum absolute atomic E-state index is 12.6. The standard InChI is InChI=1S/C18H21Cl2N7O/c19-11-4-12(20)6-14(5-11)23-8-16(28)27-3-1-2-13(9-27)26-18-15(7-21)17(22)24-10-25-18/h4-7,10,13,21,23H,1-3,8-9H2,(H3,22,24,25,26). The molecule has 2 aromatic rings. The summed E-state index contributed by atoms with van der Waals surface area (Å²) in [6.45, 7) is 1.38.